The Hall–Kier alpha value is -2.38. The standard InChI is InChI=1S/C18H18N2OS/c1-3-14-4-6-16(7-5-14)13(2)20-18(21)17(11-19)10-15-8-9-22-12-15/h4-10,12-13H,3H2,1-2H3,(H,20,21)/b17-10+/t13-/m0/s1. The van der Waals surface area contributed by atoms with E-state index in [9.17, 15) is 10.1 Å². The highest BCUT2D eigenvalue weighted by Gasteiger charge is 2.13. The Kier molecular flexibility index (Phi) is 5.51. The second-order valence-corrected chi connectivity index (χ2v) is 5.80. The summed E-state index contributed by atoms with van der Waals surface area (Å²) in [5.41, 5.74) is 3.28. The van der Waals surface area contributed by atoms with Crippen molar-refractivity contribution in [1.29, 1.82) is 5.26 Å². The summed E-state index contributed by atoms with van der Waals surface area (Å²) in [6.45, 7) is 4.02. The molecule has 4 heteroatoms. The SMILES string of the molecule is CCc1ccc([C@H](C)NC(=O)/C(C#N)=C/c2ccsc2)cc1. The summed E-state index contributed by atoms with van der Waals surface area (Å²) < 4.78 is 0. The van der Waals surface area contributed by atoms with Crippen molar-refractivity contribution < 1.29 is 4.79 Å². The van der Waals surface area contributed by atoms with Gasteiger partial charge in [0.25, 0.3) is 5.91 Å². The van der Waals surface area contributed by atoms with Crippen LogP contribution in [0.15, 0.2) is 46.7 Å². The van der Waals surface area contributed by atoms with Crippen LogP contribution in [-0.2, 0) is 11.2 Å². The van der Waals surface area contributed by atoms with E-state index < -0.39 is 0 Å². The van der Waals surface area contributed by atoms with Crippen molar-refractivity contribution in [3.05, 3.63) is 63.4 Å². The lowest BCUT2D eigenvalue weighted by atomic mass is 10.0. The largest absolute Gasteiger partial charge is 0.345 e. The van der Waals surface area contributed by atoms with Gasteiger partial charge in [0.2, 0.25) is 0 Å². The number of carbonyl (C=O) groups is 1. The quantitative estimate of drug-likeness (QED) is 0.668. The van der Waals surface area contributed by atoms with Crippen LogP contribution in [0.1, 0.15) is 36.6 Å². The van der Waals surface area contributed by atoms with E-state index in [0.29, 0.717) is 0 Å². The molecule has 1 aromatic heterocycles. The summed E-state index contributed by atoms with van der Waals surface area (Å²) in [7, 11) is 0. The van der Waals surface area contributed by atoms with Crippen molar-refractivity contribution in [3.8, 4) is 6.07 Å². The van der Waals surface area contributed by atoms with Crippen molar-refractivity contribution in [2.75, 3.05) is 0 Å². The Morgan fingerprint density at radius 2 is 2.09 bits per heavy atom. The molecule has 0 saturated carbocycles. The highest BCUT2D eigenvalue weighted by molar-refractivity contribution is 7.08. The summed E-state index contributed by atoms with van der Waals surface area (Å²) >= 11 is 1.53. The number of hydrogen-bond acceptors (Lipinski definition) is 3. The van der Waals surface area contributed by atoms with E-state index in [1.165, 1.54) is 16.9 Å². The molecule has 1 N–H and O–H groups in total. The molecule has 22 heavy (non-hydrogen) atoms. The lowest BCUT2D eigenvalue weighted by Crippen LogP contribution is -2.27. The molecule has 0 bridgehead atoms. The molecule has 0 spiro atoms. The Balaban J connectivity index is 2.07. The molecular weight excluding hydrogens is 292 g/mol. The maximum atomic E-state index is 12.2. The fourth-order valence-corrected chi connectivity index (χ4v) is 2.69. The van der Waals surface area contributed by atoms with Crippen LogP contribution >= 0.6 is 11.3 Å². The van der Waals surface area contributed by atoms with Crippen LogP contribution < -0.4 is 5.32 Å². The first kappa shape index (κ1) is 16.0. The maximum Gasteiger partial charge on any atom is 0.262 e. The molecule has 0 fully saturated rings. The Bertz CT molecular complexity index is 694. The fraction of sp³-hybridized carbons (Fsp3) is 0.222. The van der Waals surface area contributed by atoms with E-state index in [1.54, 1.807) is 6.08 Å². The summed E-state index contributed by atoms with van der Waals surface area (Å²) in [6, 6.07) is 11.8. The summed E-state index contributed by atoms with van der Waals surface area (Å²) in [6.07, 6.45) is 2.60. The van der Waals surface area contributed by atoms with Gasteiger partial charge in [-0.25, -0.2) is 0 Å². The zero-order valence-corrected chi connectivity index (χ0v) is 13.5. The lowest BCUT2D eigenvalue weighted by molar-refractivity contribution is -0.117. The molecule has 1 aromatic carbocycles. The van der Waals surface area contributed by atoms with Crippen LogP contribution in [-0.4, -0.2) is 5.91 Å². The first-order valence-corrected chi connectivity index (χ1v) is 8.12. The zero-order valence-electron chi connectivity index (χ0n) is 12.7. The van der Waals surface area contributed by atoms with Gasteiger partial charge < -0.3 is 5.32 Å². The van der Waals surface area contributed by atoms with Gasteiger partial charge in [-0.15, -0.1) is 0 Å². The van der Waals surface area contributed by atoms with Crippen molar-refractivity contribution in [2.45, 2.75) is 26.3 Å². The molecule has 1 heterocycles. The number of nitriles is 1. The number of nitrogens with one attached hydrogen (secondary N) is 1. The molecule has 112 valence electrons. The minimum absolute atomic E-state index is 0.121. The highest BCUT2D eigenvalue weighted by Crippen LogP contribution is 2.16. The number of hydrogen-bond donors (Lipinski definition) is 1. The van der Waals surface area contributed by atoms with Crippen molar-refractivity contribution in [1.82, 2.24) is 5.32 Å². The number of thiophene rings is 1. The van der Waals surface area contributed by atoms with Gasteiger partial charge in [-0.3, -0.25) is 4.79 Å². The maximum absolute atomic E-state index is 12.2. The normalized spacial score (nSPS) is 12.5. The summed E-state index contributed by atoms with van der Waals surface area (Å²) in [5, 5.41) is 15.9. The molecule has 2 aromatic rings. The van der Waals surface area contributed by atoms with Gasteiger partial charge in [0.15, 0.2) is 0 Å². The minimum Gasteiger partial charge on any atom is -0.345 e. The third kappa shape index (κ3) is 4.06. The summed E-state index contributed by atoms with van der Waals surface area (Å²) in [4.78, 5) is 12.2. The average Bonchev–Trinajstić information content (AvgIpc) is 3.05. The average molecular weight is 310 g/mol. The Morgan fingerprint density at radius 1 is 1.36 bits per heavy atom. The third-order valence-electron chi connectivity index (χ3n) is 3.45. The molecule has 1 atom stereocenters. The number of aryl methyl sites for hydroxylation is 1. The van der Waals surface area contributed by atoms with Gasteiger partial charge in [0, 0.05) is 0 Å². The molecule has 1 amide bonds. The molecule has 0 radical (unpaired) electrons. The lowest BCUT2D eigenvalue weighted by Gasteiger charge is -2.14. The van der Waals surface area contributed by atoms with E-state index in [1.807, 2.05) is 42.0 Å². The first-order chi connectivity index (χ1) is 10.6. The molecule has 2 rings (SSSR count). The van der Waals surface area contributed by atoms with Crippen LogP contribution in [0.2, 0.25) is 0 Å². The molecular formula is C18H18N2OS. The smallest absolute Gasteiger partial charge is 0.262 e. The Labute approximate surface area is 134 Å². The van der Waals surface area contributed by atoms with Crippen LogP contribution in [0.4, 0.5) is 0 Å². The predicted octanol–water partition coefficient (Wildman–Crippen LogP) is 4.09. The molecule has 0 aliphatic rings. The van der Waals surface area contributed by atoms with Crippen LogP contribution in [0.3, 0.4) is 0 Å². The van der Waals surface area contributed by atoms with Crippen LogP contribution in [0, 0.1) is 11.3 Å². The van der Waals surface area contributed by atoms with E-state index in [2.05, 4.69) is 24.4 Å². The van der Waals surface area contributed by atoms with Crippen molar-refractivity contribution in [3.63, 3.8) is 0 Å². The molecule has 0 aliphatic carbocycles. The number of benzene rings is 1. The van der Waals surface area contributed by atoms with E-state index in [-0.39, 0.29) is 17.5 Å². The van der Waals surface area contributed by atoms with Crippen LogP contribution in [0.5, 0.6) is 0 Å². The van der Waals surface area contributed by atoms with Gasteiger partial charge >= 0.3 is 0 Å². The molecule has 0 unspecified atom stereocenters. The monoisotopic (exact) mass is 310 g/mol. The predicted molar refractivity (Wildman–Crippen MR) is 90.3 cm³/mol. The fourth-order valence-electron chi connectivity index (χ4n) is 2.07. The third-order valence-corrected chi connectivity index (χ3v) is 4.16. The zero-order chi connectivity index (χ0) is 15.9. The van der Waals surface area contributed by atoms with Crippen molar-refractivity contribution >= 4 is 23.3 Å². The van der Waals surface area contributed by atoms with Gasteiger partial charge in [0.1, 0.15) is 11.6 Å². The second kappa shape index (κ2) is 7.58. The number of rotatable bonds is 5. The number of nitrogens with zero attached hydrogens (tertiary/aromatic N) is 1. The van der Waals surface area contributed by atoms with Gasteiger partial charge in [-0.1, -0.05) is 31.2 Å². The topological polar surface area (TPSA) is 52.9 Å². The van der Waals surface area contributed by atoms with Crippen LogP contribution in [0.25, 0.3) is 6.08 Å². The van der Waals surface area contributed by atoms with E-state index >= 15 is 0 Å². The molecule has 0 saturated heterocycles. The second-order valence-electron chi connectivity index (χ2n) is 5.02. The minimum atomic E-state index is -0.347. The van der Waals surface area contributed by atoms with Crippen molar-refractivity contribution in [2.24, 2.45) is 0 Å². The summed E-state index contributed by atoms with van der Waals surface area (Å²) in [5.74, 6) is -0.347. The van der Waals surface area contributed by atoms with E-state index in [4.69, 9.17) is 0 Å². The van der Waals surface area contributed by atoms with Gasteiger partial charge in [0.05, 0.1) is 6.04 Å². The molecule has 3 nitrogen and oxygen atoms in total. The Morgan fingerprint density at radius 3 is 2.64 bits per heavy atom. The first-order valence-electron chi connectivity index (χ1n) is 7.17. The molecule has 0 aliphatic heterocycles. The highest BCUT2D eigenvalue weighted by atomic mass is 32.1. The van der Waals surface area contributed by atoms with Gasteiger partial charge in [-0.05, 0) is 52.9 Å². The number of amides is 1. The van der Waals surface area contributed by atoms with Gasteiger partial charge in [-0.2, -0.15) is 16.6 Å². The van der Waals surface area contributed by atoms with E-state index in [0.717, 1.165) is 17.5 Å². The number of carbonyl (C=O) groups excluding carboxylic acids is 1.